The second-order valence-electron chi connectivity index (χ2n) is 11.2. The van der Waals surface area contributed by atoms with Crippen LogP contribution in [-0.4, -0.2) is 44.1 Å². The minimum atomic E-state index is -0.274. The highest BCUT2D eigenvalue weighted by molar-refractivity contribution is 6.17. The maximum Gasteiger partial charge on any atom is 0.197 e. The molecule has 0 radical (unpaired) electrons. The zero-order valence-electron chi connectivity index (χ0n) is 24.9. The molecule has 0 unspecified atom stereocenters. The Kier molecular flexibility index (Phi) is 7.02. The minimum absolute atomic E-state index is 0.258. The van der Waals surface area contributed by atoms with E-state index in [0.29, 0.717) is 68.5 Å². The Balaban J connectivity index is 1.59. The van der Waals surface area contributed by atoms with E-state index in [-0.39, 0.29) is 33.8 Å². The van der Waals surface area contributed by atoms with Crippen molar-refractivity contribution in [2.24, 2.45) is 0 Å². The van der Waals surface area contributed by atoms with Crippen molar-refractivity contribution in [1.29, 1.82) is 0 Å². The molecule has 0 amide bonds. The van der Waals surface area contributed by atoms with Gasteiger partial charge in [-0.15, -0.1) is 0 Å². The molecule has 8 bridgehead atoms. The van der Waals surface area contributed by atoms with Crippen LogP contribution >= 0.6 is 0 Å². The average molecular weight is 603 g/mol. The number of nitrogens with one attached hydrogen (secondary N) is 2. The van der Waals surface area contributed by atoms with Gasteiger partial charge in [0.2, 0.25) is 0 Å². The summed E-state index contributed by atoms with van der Waals surface area (Å²) in [5.74, 6) is -0.548. The molecule has 7 rings (SSSR count). The second-order valence-corrected chi connectivity index (χ2v) is 11.2. The molecular formula is C38H26N4O4. The van der Waals surface area contributed by atoms with Gasteiger partial charge in [0.25, 0.3) is 0 Å². The lowest BCUT2D eigenvalue weighted by molar-refractivity contribution is 0.103. The fourth-order valence-corrected chi connectivity index (χ4v) is 5.67. The van der Waals surface area contributed by atoms with Gasteiger partial charge in [-0.2, -0.15) is 0 Å². The maximum atomic E-state index is 14.0. The first-order valence-corrected chi connectivity index (χ1v) is 14.6. The first kappa shape index (κ1) is 28.5. The number of aldehydes is 2. The third-order valence-corrected chi connectivity index (χ3v) is 8.15. The van der Waals surface area contributed by atoms with Gasteiger partial charge in [-0.1, -0.05) is 59.7 Å². The Morgan fingerprint density at radius 2 is 0.848 bits per heavy atom. The maximum absolute atomic E-state index is 14.0. The van der Waals surface area contributed by atoms with Gasteiger partial charge in [-0.05, 0) is 62.4 Å². The van der Waals surface area contributed by atoms with E-state index in [0.717, 1.165) is 11.1 Å². The third kappa shape index (κ3) is 4.92. The molecular weight excluding hydrogens is 576 g/mol. The molecule has 2 N–H and O–H groups in total. The molecule has 46 heavy (non-hydrogen) atoms. The Bertz CT molecular complexity index is 2170. The Morgan fingerprint density at radius 1 is 0.500 bits per heavy atom. The quantitative estimate of drug-likeness (QED) is 0.151. The van der Waals surface area contributed by atoms with Gasteiger partial charge >= 0.3 is 0 Å². The van der Waals surface area contributed by atoms with Crippen LogP contribution in [0.4, 0.5) is 0 Å². The van der Waals surface area contributed by atoms with Crippen LogP contribution in [0.1, 0.15) is 86.5 Å². The summed E-state index contributed by atoms with van der Waals surface area (Å²) >= 11 is 0. The van der Waals surface area contributed by atoms with Crippen LogP contribution in [0.2, 0.25) is 0 Å². The number of fused-ring (bicyclic) bond motifs is 8. The van der Waals surface area contributed by atoms with Crippen molar-refractivity contribution in [1.82, 2.24) is 19.9 Å². The molecule has 8 heteroatoms. The number of rotatable bonds is 6. The van der Waals surface area contributed by atoms with Gasteiger partial charge < -0.3 is 9.97 Å². The van der Waals surface area contributed by atoms with Crippen molar-refractivity contribution >= 4 is 70.5 Å². The first-order chi connectivity index (χ1) is 22.3. The average Bonchev–Trinajstić information content (AvgIpc) is 3.89. The number of nitrogens with zero attached hydrogens (tertiary/aromatic N) is 2. The van der Waals surface area contributed by atoms with E-state index < -0.39 is 0 Å². The molecule has 0 atom stereocenters. The van der Waals surface area contributed by atoms with Gasteiger partial charge in [0, 0.05) is 11.1 Å². The molecule has 222 valence electrons. The van der Waals surface area contributed by atoms with E-state index in [1.54, 1.807) is 72.8 Å². The monoisotopic (exact) mass is 602 g/mol. The molecule has 5 heterocycles. The SMILES string of the molecule is Cc1ccc(C(=O)c2c3nc(c(C=O)c4ccc([nH]4)c(C(=O)c4ccc(C)cc4)c4nc(c(C=O)c5ccc2[nH]5)C=C4)C=C3)cc1. The standard InChI is InChI=1S/C38H26N4O4/c1-21-3-7-23(8-4-21)37(45)35-31-15-11-27(39-31)25(19-43)29-13-17-33(41-29)36(38(46)24-9-5-22(2)6-10-24)34-18-14-30(42-34)26(20-44)28-12-16-32(35)40-28/h3-20,39,42H,1-2H3. The molecule has 0 saturated heterocycles. The van der Waals surface area contributed by atoms with Gasteiger partial charge in [0.1, 0.15) is 0 Å². The van der Waals surface area contributed by atoms with Gasteiger partial charge in [0.15, 0.2) is 24.1 Å². The van der Waals surface area contributed by atoms with Crippen LogP contribution in [0.25, 0.3) is 46.4 Å². The highest BCUT2D eigenvalue weighted by atomic mass is 16.1. The largest absolute Gasteiger partial charge is 0.354 e. The number of carbonyl (C=O) groups is 4. The number of ketones is 2. The first-order valence-electron chi connectivity index (χ1n) is 14.6. The molecule has 2 aliphatic heterocycles. The van der Waals surface area contributed by atoms with E-state index in [1.807, 2.05) is 38.1 Å². The van der Waals surface area contributed by atoms with Crippen LogP contribution in [0.5, 0.6) is 0 Å². The van der Waals surface area contributed by atoms with Crippen molar-refractivity contribution in [3.05, 3.63) is 140 Å². The number of hydrogen-bond acceptors (Lipinski definition) is 6. The number of H-pyrrole nitrogens is 2. The summed E-state index contributed by atoms with van der Waals surface area (Å²) in [6, 6.07) is 21.3. The van der Waals surface area contributed by atoms with Crippen LogP contribution in [0.3, 0.4) is 0 Å². The number of benzene rings is 2. The summed E-state index contributed by atoms with van der Waals surface area (Å²) in [4.78, 5) is 69.0. The van der Waals surface area contributed by atoms with Crippen molar-refractivity contribution < 1.29 is 19.2 Å². The predicted molar refractivity (Wildman–Crippen MR) is 179 cm³/mol. The van der Waals surface area contributed by atoms with Crippen LogP contribution in [0, 0.1) is 13.8 Å². The summed E-state index contributed by atoms with van der Waals surface area (Å²) < 4.78 is 0. The predicted octanol–water partition coefficient (Wildman–Crippen LogP) is 7.36. The van der Waals surface area contributed by atoms with Crippen molar-refractivity contribution in [3.8, 4) is 0 Å². The second kappa shape index (κ2) is 11.3. The lowest BCUT2D eigenvalue weighted by Crippen LogP contribution is -2.05. The Labute approximate surface area is 263 Å². The van der Waals surface area contributed by atoms with Crippen LogP contribution in [-0.2, 0) is 0 Å². The topological polar surface area (TPSA) is 126 Å². The van der Waals surface area contributed by atoms with Gasteiger partial charge in [-0.3, -0.25) is 19.2 Å². The Morgan fingerprint density at radius 3 is 1.22 bits per heavy atom. The van der Waals surface area contributed by atoms with E-state index in [4.69, 9.17) is 9.97 Å². The molecule has 0 fully saturated rings. The molecule has 5 aromatic rings. The fraction of sp³-hybridized carbons (Fsp3) is 0.0526. The molecule has 3 aromatic heterocycles. The lowest BCUT2D eigenvalue weighted by Gasteiger charge is -2.04. The van der Waals surface area contributed by atoms with E-state index in [1.165, 1.54) is 0 Å². The van der Waals surface area contributed by atoms with Crippen molar-refractivity contribution in [2.45, 2.75) is 13.8 Å². The van der Waals surface area contributed by atoms with E-state index in [9.17, 15) is 19.2 Å². The number of hydrogen-bond donors (Lipinski definition) is 2. The summed E-state index contributed by atoms with van der Waals surface area (Å²) in [6.07, 6.45) is 8.14. The number of aryl methyl sites for hydroxylation is 2. The number of aromatic nitrogens is 4. The molecule has 8 nitrogen and oxygen atoms in total. The smallest absolute Gasteiger partial charge is 0.197 e. The van der Waals surface area contributed by atoms with Gasteiger partial charge in [-0.25, -0.2) is 9.97 Å². The fourth-order valence-electron chi connectivity index (χ4n) is 5.67. The lowest BCUT2D eigenvalue weighted by atomic mass is 10.0. The number of carbonyl (C=O) groups excluding carboxylic acids is 4. The van der Waals surface area contributed by atoms with E-state index in [2.05, 4.69) is 9.97 Å². The normalized spacial score (nSPS) is 11.9. The zero-order valence-corrected chi connectivity index (χ0v) is 24.9. The molecule has 2 aliphatic rings. The minimum Gasteiger partial charge on any atom is -0.354 e. The molecule has 2 aromatic carbocycles. The number of aromatic amines is 2. The highest BCUT2D eigenvalue weighted by Crippen LogP contribution is 2.28. The summed E-state index contributed by atoms with van der Waals surface area (Å²) in [5, 5.41) is 0. The highest BCUT2D eigenvalue weighted by Gasteiger charge is 2.22. The Hall–Kier alpha value is -6.28. The van der Waals surface area contributed by atoms with Crippen LogP contribution in [0.15, 0.2) is 72.8 Å². The van der Waals surface area contributed by atoms with Gasteiger partial charge in [0.05, 0.1) is 67.1 Å². The molecule has 0 aliphatic carbocycles. The summed E-state index contributed by atoms with van der Waals surface area (Å²) in [5.41, 5.74) is 7.23. The van der Waals surface area contributed by atoms with E-state index >= 15 is 0 Å². The summed E-state index contributed by atoms with van der Waals surface area (Å²) in [6.45, 7) is 3.88. The van der Waals surface area contributed by atoms with Crippen LogP contribution < -0.4 is 0 Å². The zero-order chi connectivity index (χ0) is 31.9. The molecule has 0 spiro atoms. The van der Waals surface area contributed by atoms with Crippen molar-refractivity contribution in [2.75, 3.05) is 0 Å². The molecule has 0 saturated carbocycles. The third-order valence-electron chi connectivity index (χ3n) is 8.15. The summed E-state index contributed by atoms with van der Waals surface area (Å²) in [7, 11) is 0. The van der Waals surface area contributed by atoms with Crippen molar-refractivity contribution in [3.63, 3.8) is 0 Å².